The number of thioether (sulfide) groups is 1. The van der Waals surface area contributed by atoms with Crippen molar-refractivity contribution in [1.82, 2.24) is 19.9 Å². The van der Waals surface area contributed by atoms with Gasteiger partial charge in [-0.2, -0.15) is 16.1 Å². The fourth-order valence-corrected chi connectivity index (χ4v) is 5.65. The van der Waals surface area contributed by atoms with Gasteiger partial charge in [0.2, 0.25) is 10.0 Å². The Bertz CT molecular complexity index is 689. The molecule has 2 atom stereocenters. The highest BCUT2D eigenvalue weighted by Crippen LogP contribution is 2.21. The molecule has 2 aliphatic rings. The molecule has 2 unspecified atom stereocenters. The second-order valence-electron chi connectivity index (χ2n) is 6.23. The predicted molar refractivity (Wildman–Crippen MR) is 102 cm³/mol. The van der Waals surface area contributed by atoms with Gasteiger partial charge in [0.05, 0.1) is 0 Å². The van der Waals surface area contributed by atoms with Crippen LogP contribution in [0.15, 0.2) is 17.2 Å². The fraction of sp³-hybridized carbons (Fsp3) is 0.667. The normalized spacial score (nSPS) is 25.2. The molecule has 0 bridgehead atoms. The van der Waals surface area contributed by atoms with Crippen molar-refractivity contribution in [2.75, 3.05) is 31.1 Å². The van der Waals surface area contributed by atoms with Crippen molar-refractivity contribution in [1.29, 1.82) is 0 Å². The number of sulfonamides is 1. The maximum Gasteiger partial charge on any atom is 0.268 e. The number of aromatic amines is 1. The van der Waals surface area contributed by atoms with Gasteiger partial charge in [-0.05, 0) is 32.4 Å². The number of aromatic nitrogens is 1. The third kappa shape index (κ3) is 4.71. The Morgan fingerprint density at radius 2 is 2.08 bits per heavy atom. The molecule has 3 heterocycles. The van der Waals surface area contributed by atoms with E-state index >= 15 is 0 Å². The van der Waals surface area contributed by atoms with Gasteiger partial charge in [0, 0.05) is 42.9 Å². The zero-order valence-corrected chi connectivity index (χ0v) is 16.6. The lowest BCUT2D eigenvalue weighted by molar-refractivity contribution is 0.0915. The molecule has 0 spiro atoms. The van der Waals surface area contributed by atoms with Crippen LogP contribution in [0.5, 0.6) is 0 Å². The Morgan fingerprint density at radius 1 is 1.36 bits per heavy atom. The molecule has 3 N–H and O–H groups in total. The minimum Gasteiger partial charge on any atom is -0.356 e. The molecule has 1 aromatic heterocycles. The van der Waals surface area contributed by atoms with E-state index in [1.54, 1.807) is 11.8 Å². The number of rotatable bonds is 4. The predicted octanol–water partition coefficient (Wildman–Crippen LogP) is 1.04. The number of amides is 1. The molecular weight excluding hydrogens is 384 g/mol. The van der Waals surface area contributed by atoms with E-state index in [9.17, 15) is 13.2 Å². The number of nitrogens with zero attached hydrogens (tertiary/aromatic N) is 1. The van der Waals surface area contributed by atoms with Crippen LogP contribution in [0.25, 0.3) is 0 Å². The fourth-order valence-electron chi connectivity index (χ4n) is 3.08. The lowest BCUT2D eigenvalue weighted by Crippen LogP contribution is -2.51. The highest BCUT2D eigenvalue weighted by atomic mass is 35.5. The highest BCUT2D eigenvalue weighted by Gasteiger charge is 2.28. The molecule has 0 saturated carbocycles. The van der Waals surface area contributed by atoms with E-state index in [4.69, 9.17) is 0 Å². The monoisotopic (exact) mass is 408 g/mol. The Morgan fingerprint density at radius 3 is 2.76 bits per heavy atom. The Kier molecular flexibility index (Phi) is 7.21. The van der Waals surface area contributed by atoms with Crippen molar-refractivity contribution in [3.8, 4) is 0 Å². The van der Waals surface area contributed by atoms with Crippen LogP contribution in [0.4, 0.5) is 0 Å². The Hall–Kier alpha value is -0.740. The third-order valence-corrected chi connectivity index (χ3v) is 7.41. The number of carbonyl (C=O) groups excluding carboxylic acids is 1. The summed E-state index contributed by atoms with van der Waals surface area (Å²) >= 11 is 1.76. The van der Waals surface area contributed by atoms with Gasteiger partial charge in [0.25, 0.3) is 5.91 Å². The second kappa shape index (κ2) is 8.77. The van der Waals surface area contributed by atoms with Gasteiger partial charge in [-0.3, -0.25) is 4.79 Å². The van der Waals surface area contributed by atoms with Crippen molar-refractivity contribution in [2.45, 2.75) is 36.7 Å². The lowest BCUT2D eigenvalue weighted by atomic mass is 10.00. The van der Waals surface area contributed by atoms with E-state index in [1.165, 1.54) is 16.6 Å². The maximum absolute atomic E-state index is 12.6. The van der Waals surface area contributed by atoms with Crippen LogP contribution in [0, 0.1) is 0 Å². The molecule has 0 aliphatic carbocycles. The van der Waals surface area contributed by atoms with Gasteiger partial charge in [0.1, 0.15) is 10.6 Å². The van der Waals surface area contributed by atoms with E-state index < -0.39 is 10.0 Å². The minimum absolute atomic E-state index is 0. The highest BCUT2D eigenvalue weighted by molar-refractivity contribution is 7.99. The summed E-state index contributed by atoms with van der Waals surface area (Å²) in [6, 6.07) is 1.72. The summed E-state index contributed by atoms with van der Waals surface area (Å²) in [5.41, 5.74) is 0.290. The van der Waals surface area contributed by atoms with Crippen LogP contribution in [0.2, 0.25) is 0 Å². The number of halogens is 1. The minimum atomic E-state index is -3.52. The smallest absolute Gasteiger partial charge is 0.268 e. The van der Waals surface area contributed by atoms with E-state index in [2.05, 4.69) is 15.6 Å². The molecule has 2 saturated heterocycles. The summed E-state index contributed by atoms with van der Waals surface area (Å²) < 4.78 is 26.7. The largest absolute Gasteiger partial charge is 0.356 e. The SMILES string of the molecule is CC1NCCCC1NC(=O)c1cc(S(=O)(=O)N2CCSCC2)c[nH]1.Cl. The summed E-state index contributed by atoms with van der Waals surface area (Å²) in [6.07, 6.45) is 3.36. The second-order valence-corrected chi connectivity index (χ2v) is 9.39. The van der Waals surface area contributed by atoms with Crippen molar-refractivity contribution in [3.63, 3.8) is 0 Å². The molecule has 2 fully saturated rings. The molecule has 1 amide bonds. The number of carbonyl (C=O) groups is 1. The van der Waals surface area contributed by atoms with Gasteiger partial charge >= 0.3 is 0 Å². The summed E-state index contributed by atoms with van der Waals surface area (Å²) in [5, 5.41) is 6.32. The van der Waals surface area contributed by atoms with Crippen molar-refractivity contribution in [3.05, 3.63) is 18.0 Å². The first kappa shape index (κ1) is 20.6. The number of hydrogen-bond donors (Lipinski definition) is 3. The maximum atomic E-state index is 12.6. The summed E-state index contributed by atoms with van der Waals surface area (Å²) in [7, 11) is -3.52. The number of piperidine rings is 1. The zero-order chi connectivity index (χ0) is 17.2. The number of nitrogens with one attached hydrogen (secondary N) is 3. The molecule has 1 aromatic rings. The molecule has 142 valence electrons. The van der Waals surface area contributed by atoms with Gasteiger partial charge in [0.15, 0.2) is 0 Å². The van der Waals surface area contributed by atoms with Gasteiger partial charge in [-0.15, -0.1) is 12.4 Å². The lowest BCUT2D eigenvalue weighted by Gasteiger charge is -2.30. The number of H-pyrrole nitrogens is 1. The van der Waals surface area contributed by atoms with Gasteiger partial charge in [-0.1, -0.05) is 0 Å². The van der Waals surface area contributed by atoms with Gasteiger partial charge < -0.3 is 15.6 Å². The van der Waals surface area contributed by atoms with E-state index in [-0.39, 0.29) is 41.0 Å². The van der Waals surface area contributed by atoms with Crippen molar-refractivity contribution >= 4 is 40.1 Å². The van der Waals surface area contributed by atoms with E-state index in [1.807, 2.05) is 6.92 Å². The molecule has 0 radical (unpaired) electrons. The Balaban J connectivity index is 0.00000225. The molecule has 0 aromatic carbocycles. The first-order valence-corrected chi connectivity index (χ1v) is 10.9. The summed E-state index contributed by atoms with van der Waals surface area (Å²) in [6.45, 7) is 4.05. The summed E-state index contributed by atoms with van der Waals surface area (Å²) in [4.78, 5) is 15.4. The molecule has 7 nitrogen and oxygen atoms in total. The van der Waals surface area contributed by atoms with Crippen molar-refractivity contribution < 1.29 is 13.2 Å². The standard InChI is InChI=1S/C15H24N4O3S2.ClH/c1-11-13(3-2-4-16-11)18-15(20)14-9-12(10-17-14)24(21,22)19-5-7-23-8-6-19;/h9-11,13,16-17H,2-8H2,1H3,(H,18,20);1H. The molecule has 2 aliphatic heterocycles. The van der Waals surface area contributed by atoms with E-state index in [0.29, 0.717) is 13.1 Å². The topological polar surface area (TPSA) is 94.3 Å². The zero-order valence-electron chi connectivity index (χ0n) is 14.2. The average Bonchev–Trinajstić information content (AvgIpc) is 3.09. The first-order valence-electron chi connectivity index (χ1n) is 8.29. The molecule has 10 heteroatoms. The van der Waals surface area contributed by atoms with Gasteiger partial charge in [-0.25, -0.2) is 8.42 Å². The summed E-state index contributed by atoms with van der Waals surface area (Å²) in [5.74, 6) is 1.36. The van der Waals surface area contributed by atoms with Crippen LogP contribution >= 0.6 is 24.2 Å². The molecule has 25 heavy (non-hydrogen) atoms. The third-order valence-electron chi connectivity index (χ3n) is 4.59. The average molecular weight is 409 g/mol. The van der Waals surface area contributed by atoms with E-state index in [0.717, 1.165) is 30.9 Å². The van der Waals surface area contributed by atoms with Crippen LogP contribution in [0.3, 0.4) is 0 Å². The first-order chi connectivity index (χ1) is 11.5. The van der Waals surface area contributed by atoms with Crippen LogP contribution in [0.1, 0.15) is 30.3 Å². The molecule has 3 rings (SSSR count). The van der Waals surface area contributed by atoms with Crippen LogP contribution < -0.4 is 10.6 Å². The van der Waals surface area contributed by atoms with Crippen LogP contribution in [-0.2, 0) is 10.0 Å². The Labute approximate surface area is 159 Å². The van der Waals surface area contributed by atoms with Crippen LogP contribution in [-0.4, -0.2) is 66.8 Å². The molecular formula is C15H25ClN4O3S2. The van der Waals surface area contributed by atoms with Crippen molar-refractivity contribution in [2.24, 2.45) is 0 Å². The quantitative estimate of drug-likeness (QED) is 0.692. The number of hydrogen-bond acceptors (Lipinski definition) is 5.